The van der Waals surface area contributed by atoms with Crippen molar-refractivity contribution in [3.63, 3.8) is 0 Å². The summed E-state index contributed by atoms with van der Waals surface area (Å²) in [5, 5.41) is 2.36. The van der Waals surface area contributed by atoms with E-state index in [1.807, 2.05) is 6.92 Å². The smallest absolute Gasteiger partial charge is 0.339 e. The molecule has 0 spiro atoms. The van der Waals surface area contributed by atoms with E-state index in [4.69, 9.17) is 5.73 Å². The molecule has 1 aromatic carbocycles. The van der Waals surface area contributed by atoms with Crippen LogP contribution in [0.2, 0.25) is 0 Å². The number of carbonyl (C=O) groups excluding carboxylic acids is 1. The summed E-state index contributed by atoms with van der Waals surface area (Å²) in [4.78, 5) is 13.8. The number of alkyl halides is 3. The Kier molecular flexibility index (Phi) is 5.64. The second kappa shape index (κ2) is 7.31. The highest BCUT2D eigenvalue weighted by Crippen LogP contribution is 2.32. The highest BCUT2D eigenvalue weighted by molar-refractivity contribution is 5.78. The fourth-order valence-electron chi connectivity index (χ4n) is 2.94. The molecule has 3 unspecified atom stereocenters. The third-order valence-electron chi connectivity index (χ3n) is 4.15. The molecule has 1 aromatic rings. The van der Waals surface area contributed by atoms with Crippen molar-refractivity contribution in [2.24, 2.45) is 5.73 Å². The average molecular weight is 329 g/mol. The molecule has 0 bridgehead atoms. The number of nitrogens with one attached hydrogen (secondary N) is 1. The number of likely N-dealkylation sites (tertiary alicyclic amines) is 1. The van der Waals surface area contributed by atoms with E-state index >= 15 is 0 Å². The number of amides is 1. The standard InChI is InChI=1S/C16H22F3N3O/c1-11-9-13(20)7-8-22(11)14(23)10-21-15(16(17,18)19)12-5-3-2-4-6-12/h2-6,11,13,15,21H,7-10,20H2,1H3. The van der Waals surface area contributed by atoms with Crippen molar-refractivity contribution in [3.8, 4) is 0 Å². The van der Waals surface area contributed by atoms with Gasteiger partial charge in [-0.1, -0.05) is 30.3 Å². The number of rotatable bonds is 4. The summed E-state index contributed by atoms with van der Waals surface area (Å²) >= 11 is 0. The van der Waals surface area contributed by atoms with Gasteiger partial charge in [0.05, 0.1) is 6.54 Å². The van der Waals surface area contributed by atoms with Crippen molar-refractivity contribution in [2.75, 3.05) is 13.1 Å². The molecule has 1 aliphatic rings. The molecule has 2 rings (SSSR count). The normalized spacial score (nSPS) is 23.6. The first-order chi connectivity index (χ1) is 10.8. The maximum Gasteiger partial charge on any atom is 0.407 e. The topological polar surface area (TPSA) is 58.4 Å². The number of piperidine rings is 1. The molecule has 0 aromatic heterocycles. The van der Waals surface area contributed by atoms with Crippen molar-refractivity contribution in [1.29, 1.82) is 0 Å². The predicted molar refractivity (Wildman–Crippen MR) is 81.6 cm³/mol. The molecule has 3 N–H and O–H groups in total. The second-order valence-corrected chi connectivity index (χ2v) is 5.99. The fraction of sp³-hybridized carbons (Fsp3) is 0.562. The molecular weight excluding hydrogens is 307 g/mol. The van der Waals surface area contributed by atoms with Gasteiger partial charge in [-0.25, -0.2) is 0 Å². The molecule has 23 heavy (non-hydrogen) atoms. The van der Waals surface area contributed by atoms with Crippen LogP contribution >= 0.6 is 0 Å². The summed E-state index contributed by atoms with van der Waals surface area (Å²) < 4.78 is 39.7. The third kappa shape index (κ3) is 4.68. The van der Waals surface area contributed by atoms with Crippen LogP contribution in [0, 0.1) is 0 Å². The lowest BCUT2D eigenvalue weighted by Gasteiger charge is -2.36. The van der Waals surface area contributed by atoms with Crippen LogP contribution in [0.5, 0.6) is 0 Å². The van der Waals surface area contributed by atoms with Gasteiger partial charge in [0.15, 0.2) is 0 Å². The maximum atomic E-state index is 13.2. The number of nitrogens with two attached hydrogens (primary N) is 1. The van der Waals surface area contributed by atoms with Gasteiger partial charge >= 0.3 is 6.18 Å². The summed E-state index contributed by atoms with van der Waals surface area (Å²) in [5.41, 5.74) is 5.94. The van der Waals surface area contributed by atoms with Crippen molar-refractivity contribution in [2.45, 2.75) is 44.1 Å². The van der Waals surface area contributed by atoms with Crippen LogP contribution in [0.15, 0.2) is 30.3 Å². The molecule has 128 valence electrons. The monoisotopic (exact) mass is 329 g/mol. The first-order valence-electron chi connectivity index (χ1n) is 7.69. The molecule has 1 aliphatic heterocycles. The van der Waals surface area contributed by atoms with E-state index in [1.54, 1.807) is 23.1 Å². The molecule has 3 atom stereocenters. The van der Waals surface area contributed by atoms with E-state index in [1.165, 1.54) is 12.1 Å². The van der Waals surface area contributed by atoms with Gasteiger partial charge in [-0.2, -0.15) is 13.2 Å². The predicted octanol–water partition coefficient (Wildman–Crippen LogP) is 2.22. The molecule has 0 saturated carbocycles. The lowest BCUT2D eigenvalue weighted by Crippen LogP contribution is -2.51. The second-order valence-electron chi connectivity index (χ2n) is 5.99. The van der Waals surface area contributed by atoms with Gasteiger partial charge in [0.25, 0.3) is 0 Å². The SMILES string of the molecule is CC1CC(N)CCN1C(=O)CNC(c1ccccc1)C(F)(F)F. The van der Waals surface area contributed by atoms with E-state index in [0.29, 0.717) is 19.4 Å². The van der Waals surface area contributed by atoms with Crippen molar-refractivity contribution >= 4 is 5.91 Å². The fourth-order valence-corrected chi connectivity index (χ4v) is 2.94. The highest BCUT2D eigenvalue weighted by Gasteiger charge is 2.41. The molecule has 0 radical (unpaired) electrons. The minimum absolute atomic E-state index is 0.0471. The number of halogens is 3. The lowest BCUT2D eigenvalue weighted by atomic mass is 9.99. The Morgan fingerprint density at radius 1 is 1.39 bits per heavy atom. The number of carbonyl (C=O) groups is 1. The van der Waals surface area contributed by atoms with Gasteiger partial charge in [0.1, 0.15) is 6.04 Å². The Labute approximate surface area is 133 Å². The van der Waals surface area contributed by atoms with E-state index in [0.717, 1.165) is 0 Å². The minimum atomic E-state index is -4.46. The summed E-state index contributed by atoms with van der Waals surface area (Å²) in [6, 6.07) is 5.70. The Bertz CT molecular complexity index is 521. The number of benzene rings is 1. The van der Waals surface area contributed by atoms with Crippen molar-refractivity contribution < 1.29 is 18.0 Å². The van der Waals surface area contributed by atoms with Gasteiger partial charge in [-0.15, -0.1) is 0 Å². The zero-order valence-electron chi connectivity index (χ0n) is 13.0. The third-order valence-corrected chi connectivity index (χ3v) is 4.15. The molecular formula is C16H22F3N3O. The van der Waals surface area contributed by atoms with Crippen molar-refractivity contribution in [1.82, 2.24) is 10.2 Å². The van der Waals surface area contributed by atoms with Gasteiger partial charge < -0.3 is 10.6 Å². The summed E-state index contributed by atoms with van der Waals surface area (Å²) in [5.74, 6) is -0.324. The molecule has 1 fully saturated rings. The number of hydrogen-bond donors (Lipinski definition) is 2. The van der Waals surface area contributed by atoms with Crippen molar-refractivity contribution in [3.05, 3.63) is 35.9 Å². The largest absolute Gasteiger partial charge is 0.407 e. The molecule has 4 nitrogen and oxygen atoms in total. The van der Waals surface area contributed by atoms with E-state index < -0.39 is 12.2 Å². The van der Waals surface area contributed by atoms with Gasteiger partial charge in [-0.05, 0) is 25.3 Å². The van der Waals surface area contributed by atoms with Crippen LogP contribution in [0.1, 0.15) is 31.4 Å². The summed E-state index contributed by atoms with van der Waals surface area (Å²) in [6.45, 7) is 2.01. The molecule has 7 heteroatoms. The molecule has 0 aliphatic carbocycles. The van der Waals surface area contributed by atoms with E-state index in [-0.39, 0.29) is 30.1 Å². The van der Waals surface area contributed by atoms with Crippen LogP contribution in [0.3, 0.4) is 0 Å². The zero-order chi connectivity index (χ0) is 17.0. The average Bonchev–Trinajstić information content (AvgIpc) is 2.47. The Hall–Kier alpha value is -1.60. The van der Waals surface area contributed by atoms with E-state index in [9.17, 15) is 18.0 Å². The van der Waals surface area contributed by atoms with Crippen LogP contribution in [0.4, 0.5) is 13.2 Å². The van der Waals surface area contributed by atoms with Crippen LogP contribution in [-0.4, -0.2) is 42.2 Å². The maximum absolute atomic E-state index is 13.2. The minimum Gasteiger partial charge on any atom is -0.339 e. The number of hydrogen-bond acceptors (Lipinski definition) is 3. The number of nitrogens with zero attached hydrogens (tertiary/aromatic N) is 1. The molecule has 1 heterocycles. The quantitative estimate of drug-likeness (QED) is 0.890. The van der Waals surface area contributed by atoms with Crippen LogP contribution in [-0.2, 0) is 4.79 Å². The van der Waals surface area contributed by atoms with Gasteiger partial charge in [0, 0.05) is 18.6 Å². The van der Waals surface area contributed by atoms with Gasteiger partial charge in [-0.3, -0.25) is 10.1 Å². The van der Waals surface area contributed by atoms with Crippen LogP contribution < -0.4 is 11.1 Å². The lowest BCUT2D eigenvalue weighted by molar-refractivity contribution is -0.159. The molecule has 1 saturated heterocycles. The molecule has 1 amide bonds. The zero-order valence-corrected chi connectivity index (χ0v) is 13.0. The highest BCUT2D eigenvalue weighted by atomic mass is 19.4. The first-order valence-corrected chi connectivity index (χ1v) is 7.69. The van der Waals surface area contributed by atoms with Crippen LogP contribution in [0.25, 0.3) is 0 Å². The summed E-state index contributed by atoms with van der Waals surface area (Å²) in [6.07, 6.45) is -3.11. The van der Waals surface area contributed by atoms with E-state index in [2.05, 4.69) is 5.32 Å². The Morgan fingerprint density at radius 2 is 2.04 bits per heavy atom. The Morgan fingerprint density at radius 3 is 2.61 bits per heavy atom. The first kappa shape index (κ1) is 17.7. The van der Waals surface area contributed by atoms with Gasteiger partial charge in [0.2, 0.25) is 5.91 Å². The summed E-state index contributed by atoms with van der Waals surface area (Å²) in [7, 11) is 0. The Balaban J connectivity index is 2.00.